The van der Waals surface area contributed by atoms with Gasteiger partial charge in [-0.2, -0.15) is 0 Å². The molecule has 1 rings (SSSR count). The van der Waals surface area contributed by atoms with Crippen molar-refractivity contribution in [2.24, 2.45) is 5.41 Å². The van der Waals surface area contributed by atoms with Gasteiger partial charge in [0.1, 0.15) is 0 Å². The molecule has 0 aromatic heterocycles. The van der Waals surface area contributed by atoms with Gasteiger partial charge >= 0.3 is 0 Å². The van der Waals surface area contributed by atoms with E-state index in [0.29, 0.717) is 18.8 Å². The van der Waals surface area contributed by atoms with E-state index < -0.39 is 10.0 Å². The summed E-state index contributed by atoms with van der Waals surface area (Å²) in [4.78, 5) is 0. The van der Waals surface area contributed by atoms with Crippen molar-refractivity contribution in [1.82, 2.24) is 9.62 Å². The molecule has 0 spiro atoms. The average molecular weight is 262 g/mol. The number of rotatable bonds is 7. The summed E-state index contributed by atoms with van der Waals surface area (Å²) in [6.07, 6.45) is 2.67. The second kappa shape index (κ2) is 6.16. The number of sulfonamides is 1. The molecule has 0 radical (unpaired) electrons. The van der Waals surface area contributed by atoms with Crippen LogP contribution < -0.4 is 5.32 Å². The van der Waals surface area contributed by atoms with Gasteiger partial charge in [0.25, 0.3) is 0 Å². The molecule has 0 unspecified atom stereocenters. The van der Waals surface area contributed by atoms with E-state index in [1.807, 2.05) is 0 Å². The van der Waals surface area contributed by atoms with Gasteiger partial charge in [-0.05, 0) is 37.8 Å². The van der Waals surface area contributed by atoms with Crippen LogP contribution >= 0.6 is 0 Å². The summed E-state index contributed by atoms with van der Waals surface area (Å²) in [5.41, 5.74) is 0.150. The minimum atomic E-state index is -3.01. The van der Waals surface area contributed by atoms with Crippen molar-refractivity contribution >= 4 is 10.0 Å². The van der Waals surface area contributed by atoms with E-state index in [9.17, 15) is 8.42 Å². The molecule has 0 amide bonds. The highest BCUT2D eigenvalue weighted by atomic mass is 32.2. The average Bonchev–Trinajstić information content (AvgIpc) is 2.59. The first-order chi connectivity index (χ1) is 7.87. The van der Waals surface area contributed by atoms with Crippen LogP contribution in [0.4, 0.5) is 0 Å². The normalized spacial score (nSPS) is 20.9. The summed E-state index contributed by atoms with van der Waals surface area (Å²) < 4.78 is 25.8. The maximum Gasteiger partial charge on any atom is 0.214 e. The fraction of sp³-hybridized carbons (Fsp3) is 1.00. The SMILES string of the molecule is CCNCCCCS(=O)(=O)N1CCC(C)(C)C1. The Balaban J connectivity index is 2.32. The molecule has 1 fully saturated rings. The summed E-state index contributed by atoms with van der Waals surface area (Å²) in [6.45, 7) is 9.57. The Labute approximate surface area is 106 Å². The van der Waals surface area contributed by atoms with Crippen LogP contribution in [0.3, 0.4) is 0 Å². The topological polar surface area (TPSA) is 49.4 Å². The van der Waals surface area contributed by atoms with E-state index in [4.69, 9.17) is 0 Å². The van der Waals surface area contributed by atoms with Gasteiger partial charge in [-0.25, -0.2) is 12.7 Å². The van der Waals surface area contributed by atoms with Crippen LogP contribution in [0.2, 0.25) is 0 Å². The lowest BCUT2D eigenvalue weighted by Crippen LogP contribution is -2.32. The van der Waals surface area contributed by atoms with Crippen LogP contribution in [0.5, 0.6) is 0 Å². The van der Waals surface area contributed by atoms with Crippen LogP contribution in [0.1, 0.15) is 40.0 Å². The van der Waals surface area contributed by atoms with Gasteiger partial charge in [0, 0.05) is 13.1 Å². The number of nitrogens with zero attached hydrogens (tertiary/aromatic N) is 1. The number of unbranched alkanes of at least 4 members (excludes halogenated alkanes) is 1. The maximum atomic E-state index is 12.1. The zero-order valence-corrected chi connectivity index (χ0v) is 12.1. The molecule has 0 saturated carbocycles. The monoisotopic (exact) mass is 262 g/mol. The molecule has 0 atom stereocenters. The van der Waals surface area contributed by atoms with Crippen molar-refractivity contribution in [2.45, 2.75) is 40.0 Å². The van der Waals surface area contributed by atoms with Crippen molar-refractivity contribution in [3.05, 3.63) is 0 Å². The predicted molar refractivity (Wildman–Crippen MR) is 71.5 cm³/mol. The van der Waals surface area contributed by atoms with Crippen molar-refractivity contribution < 1.29 is 8.42 Å². The quantitative estimate of drug-likeness (QED) is 0.706. The standard InChI is InChI=1S/C12H26N2O2S/c1-4-13-8-5-6-10-17(15,16)14-9-7-12(2,3)11-14/h13H,4-11H2,1-3H3. The van der Waals surface area contributed by atoms with E-state index in [2.05, 4.69) is 26.1 Å². The first-order valence-electron chi connectivity index (χ1n) is 6.56. The zero-order chi connectivity index (χ0) is 12.9. The Kier molecular flexibility index (Phi) is 5.41. The molecule has 0 aromatic rings. The molecule has 1 heterocycles. The number of hydrogen-bond acceptors (Lipinski definition) is 3. The van der Waals surface area contributed by atoms with Gasteiger partial charge in [-0.1, -0.05) is 20.8 Å². The fourth-order valence-corrected chi connectivity index (χ4v) is 3.88. The Morgan fingerprint density at radius 1 is 1.29 bits per heavy atom. The van der Waals surface area contributed by atoms with Crippen molar-refractivity contribution in [3.63, 3.8) is 0 Å². The van der Waals surface area contributed by atoms with Crippen LogP contribution in [0.15, 0.2) is 0 Å². The van der Waals surface area contributed by atoms with Crippen LogP contribution in [0, 0.1) is 5.41 Å². The highest BCUT2D eigenvalue weighted by Gasteiger charge is 2.35. The van der Waals surface area contributed by atoms with Crippen LogP contribution in [0.25, 0.3) is 0 Å². The fourth-order valence-electron chi connectivity index (χ4n) is 2.14. The molecule has 0 bridgehead atoms. The predicted octanol–water partition coefficient (Wildman–Crippen LogP) is 1.44. The Bertz CT molecular complexity index is 325. The van der Waals surface area contributed by atoms with Crippen LogP contribution in [-0.4, -0.2) is 44.7 Å². The third-order valence-electron chi connectivity index (χ3n) is 3.29. The molecule has 1 N–H and O–H groups in total. The molecule has 1 aliphatic heterocycles. The molecule has 1 saturated heterocycles. The molecule has 17 heavy (non-hydrogen) atoms. The van der Waals surface area contributed by atoms with Gasteiger partial charge in [-0.15, -0.1) is 0 Å². The second-order valence-electron chi connectivity index (χ2n) is 5.62. The first kappa shape index (κ1) is 14.9. The van der Waals surface area contributed by atoms with E-state index in [-0.39, 0.29) is 5.41 Å². The largest absolute Gasteiger partial charge is 0.317 e. The van der Waals surface area contributed by atoms with E-state index in [1.54, 1.807) is 4.31 Å². The summed E-state index contributed by atoms with van der Waals surface area (Å²) in [7, 11) is -3.01. The summed E-state index contributed by atoms with van der Waals surface area (Å²) in [5, 5.41) is 3.21. The number of hydrogen-bond donors (Lipinski definition) is 1. The van der Waals surface area contributed by atoms with Crippen molar-refractivity contribution in [3.8, 4) is 0 Å². The summed E-state index contributed by atoms with van der Waals surface area (Å²) in [6, 6.07) is 0. The minimum Gasteiger partial charge on any atom is -0.317 e. The smallest absolute Gasteiger partial charge is 0.214 e. The highest BCUT2D eigenvalue weighted by Crippen LogP contribution is 2.30. The van der Waals surface area contributed by atoms with E-state index in [0.717, 1.165) is 32.4 Å². The molecule has 5 heteroatoms. The van der Waals surface area contributed by atoms with E-state index in [1.165, 1.54) is 0 Å². The highest BCUT2D eigenvalue weighted by molar-refractivity contribution is 7.89. The summed E-state index contributed by atoms with van der Waals surface area (Å²) in [5.74, 6) is 0.300. The zero-order valence-electron chi connectivity index (χ0n) is 11.3. The lowest BCUT2D eigenvalue weighted by molar-refractivity contribution is 0.375. The lowest BCUT2D eigenvalue weighted by atomic mass is 9.93. The van der Waals surface area contributed by atoms with Gasteiger partial charge in [0.15, 0.2) is 0 Å². The summed E-state index contributed by atoms with van der Waals surface area (Å²) >= 11 is 0. The number of nitrogens with one attached hydrogen (secondary N) is 1. The Morgan fingerprint density at radius 2 is 2.00 bits per heavy atom. The third kappa shape index (κ3) is 4.94. The van der Waals surface area contributed by atoms with Crippen molar-refractivity contribution in [2.75, 3.05) is 31.9 Å². The lowest BCUT2D eigenvalue weighted by Gasteiger charge is -2.19. The molecule has 1 aliphatic rings. The van der Waals surface area contributed by atoms with Gasteiger partial charge < -0.3 is 5.32 Å². The first-order valence-corrected chi connectivity index (χ1v) is 8.17. The maximum absolute atomic E-state index is 12.1. The molecule has 0 aromatic carbocycles. The van der Waals surface area contributed by atoms with Gasteiger partial charge in [0.05, 0.1) is 5.75 Å². The van der Waals surface area contributed by atoms with Crippen LogP contribution in [-0.2, 0) is 10.0 Å². The van der Waals surface area contributed by atoms with E-state index >= 15 is 0 Å². The molecular formula is C12H26N2O2S. The Morgan fingerprint density at radius 3 is 2.53 bits per heavy atom. The van der Waals surface area contributed by atoms with Gasteiger partial charge in [0.2, 0.25) is 10.0 Å². The van der Waals surface area contributed by atoms with Crippen molar-refractivity contribution in [1.29, 1.82) is 0 Å². The molecule has 4 nitrogen and oxygen atoms in total. The van der Waals surface area contributed by atoms with Gasteiger partial charge in [-0.3, -0.25) is 0 Å². The molecule has 102 valence electrons. The molecular weight excluding hydrogens is 236 g/mol. The second-order valence-corrected chi connectivity index (χ2v) is 7.71. The third-order valence-corrected chi connectivity index (χ3v) is 5.19. The minimum absolute atomic E-state index is 0.150. The Hall–Kier alpha value is -0.130. The molecule has 0 aliphatic carbocycles.